The van der Waals surface area contributed by atoms with Crippen molar-refractivity contribution in [1.29, 1.82) is 0 Å². The molecule has 0 aromatic heterocycles. The number of carbonyl (C=O) groups is 1. The molecule has 2 N–H and O–H groups in total. The summed E-state index contributed by atoms with van der Waals surface area (Å²) < 4.78 is 0. The van der Waals surface area contributed by atoms with Crippen molar-refractivity contribution in [2.75, 3.05) is 0 Å². The van der Waals surface area contributed by atoms with Crippen LogP contribution in [-0.4, -0.2) is 16.2 Å². The summed E-state index contributed by atoms with van der Waals surface area (Å²) in [6.45, 7) is 0. The molecular weight excluding hydrogens is 336 g/mol. The van der Waals surface area contributed by atoms with Gasteiger partial charge in [-0.15, -0.1) is 0 Å². The predicted octanol–water partition coefficient (Wildman–Crippen LogP) is 5.48. The zero-order chi connectivity index (χ0) is 17.8. The van der Waals surface area contributed by atoms with E-state index in [4.69, 9.17) is 11.6 Å². The highest BCUT2D eigenvalue weighted by Gasteiger charge is 2.15. The van der Waals surface area contributed by atoms with E-state index in [1.54, 1.807) is 12.1 Å². The fourth-order valence-electron chi connectivity index (χ4n) is 2.83. The molecule has 25 heavy (non-hydrogen) atoms. The molecule has 0 aliphatic heterocycles. The Kier molecular flexibility index (Phi) is 5.05. The van der Waals surface area contributed by atoms with Gasteiger partial charge in [0.15, 0.2) is 0 Å². The van der Waals surface area contributed by atoms with Gasteiger partial charge in [0, 0.05) is 10.6 Å². The number of carboxylic acids is 1. The molecule has 0 aliphatic carbocycles. The highest BCUT2D eigenvalue weighted by molar-refractivity contribution is 6.30. The van der Waals surface area contributed by atoms with Crippen molar-refractivity contribution in [3.8, 4) is 0 Å². The second-order valence-electron chi connectivity index (χ2n) is 5.82. The Balaban J connectivity index is 1.95. The van der Waals surface area contributed by atoms with Gasteiger partial charge in [0.1, 0.15) is 0 Å². The normalized spacial score (nSPS) is 12.0. The molecule has 0 fully saturated rings. The van der Waals surface area contributed by atoms with Gasteiger partial charge in [-0.05, 0) is 52.9 Å². The molecule has 0 heterocycles. The average molecular weight is 353 g/mol. The summed E-state index contributed by atoms with van der Waals surface area (Å²) >= 11 is 5.89. The fraction of sp³-hybridized carbons (Fsp3) is 0.0952. The van der Waals surface area contributed by atoms with E-state index in [1.807, 2.05) is 54.6 Å². The third-order valence-corrected chi connectivity index (χ3v) is 4.42. The lowest BCUT2D eigenvalue weighted by molar-refractivity contribution is -0.135. The molecule has 0 aliphatic rings. The first kappa shape index (κ1) is 17.1. The Bertz CT molecular complexity index is 943. The van der Waals surface area contributed by atoms with E-state index < -0.39 is 11.7 Å². The molecule has 0 radical (unpaired) electrons. The summed E-state index contributed by atoms with van der Waals surface area (Å²) in [7, 11) is 0. The maximum Gasteiger partial charge on any atom is 0.371 e. The quantitative estimate of drug-likeness (QED) is 0.472. The zero-order valence-corrected chi connectivity index (χ0v) is 14.2. The van der Waals surface area contributed by atoms with Crippen LogP contribution in [0.1, 0.15) is 17.5 Å². The smallest absolute Gasteiger partial charge is 0.371 e. The molecule has 3 aromatic rings. The molecule has 0 saturated heterocycles. The minimum absolute atomic E-state index is 0.415. The largest absolute Gasteiger partial charge is 0.502 e. The number of aliphatic hydroxyl groups excluding tert-OH is 1. The SMILES string of the molecule is O=C(O)/C(O)=C(/CCc1ccc(Cl)cc1)c1ccc2ccccc2c1. The number of aryl methyl sites for hydroxylation is 1. The molecule has 3 aromatic carbocycles. The minimum atomic E-state index is -1.32. The van der Waals surface area contributed by atoms with Crippen LogP contribution in [0.3, 0.4) is 0 Å². The lowest BCUT2D eigenvalue weighted by Gasteiger charge is -2.11. The number of halogens is 1. The first-order chi connectivity index (χ1) is 12.0. The summed E-state index contributed by atoms with van der Waals surface area (Å²) in [5, 5.41) is 22.1. The summed E-state index contributed by atoms with van der Waals surface area (Å²) in [6.07, 6.45) is 1.02. The second kappa shape index (κ2) is 7.41. The second-order valence-corrected chi connectivity index (χ2v) is 6.26. The van der Waals surface area contributed by atoms with E-state index >= 15 is 0 Å². The van der Waals surface area contributed by atoms with Crippen LogP contribution < -0.4 is 0 Å². The maximum absolute atomic E-state index is 11.3. The number of rotatable bonds is 5. The number of hydrogen-bond donors (Lipinski definition) is 2. The Morgan fingerprint density at radius 2 is 1.56 bits per heavy atom. The highest BCUT2D eigenvalue weighted by atomic mass is 35.5. The maximum atomic E-state index is 11.3. The molecule has 0 unspecified atom stereocenters. The van der Waals surface area contributed by atoms with Gasteiger partial charge in [0.2, 0.25) is 5.76 Å². The molecule has 3 rings (SSSR count). The van der Waals surface area contributed by atoms with Crippen molar-refractivity contribution in [2.24, 2.45) is 0 Å². The number of carboxylic acid groups (broad SMARTS) is 1. The number of aliphatic hydroxyl groups is 1. The lowest BCUT2D eigenvalue weighted by atomic mass is 9.95. The number of hydrogen-bond acceptors (Lipinski definition) is 2. The van der Waals surface area contributed by atoms with Gasteiger partial charge in [0.25, 0.3) is 0 Å². The topological polar surface area (TPSA) is 57.5 Å². The van der Waals surface area contributed by atoms with Gasteiger partial charge in [-0.2, -0.15) is 0 Å². The van der Waals surface area contributed by atoms with Crippen LogP contribution in [0.2, 0.25) is 5.02 Å². The molecule has 0 atom stereocenters. The minimum Gasteiger partial charge on any atom is -0.502 e. The fourth-order valence-corrected chi connectivity index (χ4v) is 2.95. The van der Waals surface area contributed by atoms with Crippen LogP contribution in [0.5, 0.6) is 0 Å². The Morgan fingerprint density at radius 3 is 2.24 bits per heavy atom. The van der Waals surface area contributed by atoms with E-state index in [1.165, 1.54) is 0 Å². The van der Waals surface area contributed by atoms with Crippen LogP contribution in [-0.2, 0) is 11.2 Å². The summed E-state index contributed by atoms with van der Waals surface area (Å²) in [4.78, 5) is 11.3. The Morgan fingerprint density at radius 1 is 0.880 bits per heavy atom. The van der Waals surface area contributed by atoms with Gasteiger partial charge < -0.3 is 10.2 Å². The molecule has 0 amide bonds. The van der Waals surface area contributed by atoms with Crippen molar-refractivity contribution in [2.45, 2.75) is 12.8 Å². The summed E-state index contributed by atoms with van der Waals surface area (Å²) in [5.74, 6) is -1.93. The molecule has 126 valence electrons. The standard InChI is InChI=1S/C21H17ClO3/c22-18-10-5-14(6-11-18)7-12-19(20(23)21(24)25)17-9-8-15-3-1-2-4-16(15)13-17/h1-6,8-11,13,23H,7,12H2,(H,24,25)/b20-19+. The lowest BCUT2D eigenvalue weighted by Crippen LogP contribution is -2.04. The van der Waals surface area contributed by atoms with E-state index in [-0.39, 0.29) is 0 Å². The van der Waals surface area contributed by atoms with E-state index in [2.05, 4.69) is 0 Å². The van der Waals surface area contributed by atoms with E-state index in [0.29, 0.717) is 29.0 Å². The molecule has 0 saturated carbocycles. The Labute approximate surface area is 150 Å². The molecular formula is C21H17ClO3. The third-order valence-electron chi connectivity index (χ3n) is 4.16. The number of benzene rings is 3. The van der Waals surface area contributed by atoms with Crippen molar-refractivity contribution in [3.05, 3.63) is 88.6 Å². The molecule has 4 heteroatoms. The first-order valence-corrected chi connectivity index (χ1v) is 8.31. The van der Waals surface area contributed by atoms with Crippen molar-refractivity contribution in [3.63, 3.8) is 0 Å². The number of aliphatic carboxylic acids is 1. The van der Waals surface area contributed by atoms with Crippen LogP contribution in [0.15, 0.2) is 72.5 Å². The average Bonchev–Trinajstić information content (AvgIpc) is 2.63. The predicted molar refractivity (Wildman–Crippen MR) is 101 cm³/mol. The molecule has 0 bridgehead atoms. The van der Waals surface area contributed by atoms with Gasteiger partial charge >= 0.3 is 5.97 Å². The van der Waals surface area contributed by atoms with E-state index in [9.17, 15) is 15.0 Å². The van der Waals surface area contributed by atoms with Crippen LogP contribution >= 0.6 is 11.6 Å². The van der Waals surface area contributed by atoms with Gasteiger partial charge in [0.05, 0.1) is 0 Å². The van der Waals surface area contributed by atoms with Gasteiger partial charge in [-0.3, -0.25) is 0 Å². The zero-order valence-electron chi connectivity index (χ0n) is 13.4. The number of fused-ring (bicyclic) bond motifs is 1. The van der Waals surface area contributed by atoms with Gasteiger partial charge in [-0.25, -0.2) is 4.79 Å². The van der Waals surface area contributed by atoms with Gasteiger partial charge in [-0.1, -0.05) is 60.1 Å². The Hall–Kier alpha value is -2.78. The monoisotopic (exact) mass is 352 g/mol. The van der Waals surface area contributed by atoms with Crippen LogP contribution in [0.4, 0.5) is 0 Å². The molecule has 0 spiro atoms. The van der Waals surface area contributed by atoms with Crippen molar-refractivity contribution >= 4 is 33.9 Å². The van der Waals surface area contributed by atoms with Crippen LogP contribution in [0.25, 0.3) is 16.3 Å². The van der Waals surface area contributed by atoms with Crippen molar-refractivity contribution in [1.82, 2.24) is 0 Å². The summed E-state index contributed by atoms with van der Waals surface area (Å²) in [5.41, 5.74) is 2.17. The van der Waals surface area contributed by atoms with Crippen molar-refractivity contribution < 1.29 is 15.0 Å². The highest BCUT2D eigenvalue weighted by Crippen LogP contribution is 2.27. The van der Waals surface area contributed by atoms with E-state index in [0.717, 1.165) is 16.3 Å². The van der Waals surface area contributed by atoms with Crippen LogP contribution in [0, 0.1) is 0 Å². The first-order valence-electron chi connectivity index (χ1n) is 7.93. The molecule has 3 nitrogen and oxygen atoms in total. The summed E-state index contributed by atoms with van der Waals surface area (Å²) in [6, 6.07) is 20.9. The third kappa shape index (κ3) is 4.01. The number of allylic oxidation sites excluding steroid dienone is 1.